The van der Waals surface area contributed by atoms with Gasteiger partial charge in [-0.1, -0.05) is 0 Å². The monoisotopic (exact) mass is 317 g/mol. The number of rotatable bonds is 6. The van der Waals surface area contributed by atoms with Crippen molar-refractivity contribution >= 4 is 17.6 Å². The molecule has 0 unspecified atom stereocenters. The number of carbonyl (C=O) groups is 2. The molecular weight excluding hydrogens is 306 g/mol. The van der Waals surface area contributed by atoms with Crippen molar-refractivity contribution in [3.8, 4) is 11.5 Å². The summed E-state index contributed by atoms with van der Waals surface area (Å²) in [5, 5.41) is 19.3. The van der Waals surface area contributed by atoms with Crippen molar-refractivity contribution in [1.82, 2.24) is 0 Å². The molecule has 0 atom stereocenters. The van der Waals surface area contributed by atoms with Crippen LogP contribution in [0.1, 0.15) is 10.4 Å². The van der Waals surface area contributed by atoms with Crippen LogP contribution in [0.15, 0.2) is 48.5 Å². The molecule has 0 saturated carbocycles. The zero-order valence-corrected chi connectivity index (χ0v) is 11.7. The molecule has 8 heteroatoms. The highest BCUT2D eigenvalue weighted by atomic mass is 16.6. The van der Waals surface area contributed by atoms with Crippen LogP contribution in [0.3, 0.4) is 0 Å². The first-order chi connectivity index (χ1) is 11.0. The molecule has 0 aliphatic carbocycles. The Labute approximate surface area is 130 Å². The maximum Gasteiger partial charge on any atom is 0.349 e. The van der Waals surface area contributed by atoms with Crippen molar-refractivity contribution in [1.29, 1.82) is 0 Å². The molecule has 0 bridgehead atoms. The van der Waals surface area contributed by atoms with Crippen LogP contribution in [0.4, 0.5) is 5.69 Å². The average molecular weight is 317 g/mol. The average Bonchev–Trinajstić information content (AvgIpc) is 2.54. The molecule has 0 aliphatic heterocycles. The first kappa shape index (κ1) is 16.0. The molecule has 23 heavy (non-hydrogen) atoms. The van der Waals surface area contributed by atoms with Gasteiger partial charge in [0.05, 0.1) is 10.5 Å². The van der Waals surface area contributed by atoms with Gasteiger partial charge in [0.25, 0.3) is 5.69 Å². The molecule has 2 aromatic carbocycles. The summed E-state index contributed by atoms with van der Waals surface area (Å²) in [5.74, 6) is -1.29. The Morgan fingerprint density at radius 2 is 1.57 bits per heavy atom. The van der Waals surface area contributed by atoms with Gasteiger partial charge in [-0.25, -0.2) is 9.59 Å². The number of aromatic carboxylic acids is 1. The molecule has 0 aliphatic rings. The van der Waals surface area contributed by atoms with E-state index >= 15 is 0 Å². The fraction of sp³-hybridized carbons (Fsp3) is 0.0667. The fourth-order valence-electron chi connectivity index (χ4n) is 1.63. The minimum Gasteiger partial charge on any atom is -0.482 e. The maximum atomic E-state index is 11.6. The zero-order chi connectivity index (χ0) is 16.8. The molecule has 0 spiro atoms. The molecular formula is C15H11NO7. The Morgan fingerprint density at radius 3 is 2.09 bits per heavy atom. The largest absolute Gasteiger partial charge is 0.482 e. The molecule has 0 radical (unpaired) electrons. The van der Waals surface area contributed by atoms with Crippen LogP contribution in [0, 0.1) is 10.1 Å². The number of nitro groups is 1. The third kappa shape index (κ3) is 4.53. The predicted octanol–water partition coefficient (Wildman–Crippen LogP) is 2.28. The lowest BCUT2D eigenvalue weighted by atomic mass is 10.2. The lowest BCUT2D eigenvalue weighted by molar-refractivity contribution is -0.384. The van der Waals surface area contributed by atoms with Crippen molar-refractivity contribution in [2.75, 3.05) is 6.61 Å². The summed E-state index contributed by atoms with van der Waals surface area (Å²) in [6.07, 6.45) is 0. The standard InChI is InChI=1S/C15H11NO7/c17-14(23-13-5-1-10(2-6-13)15(18)19)9-22-12-7-3-11(4-8-12)16(20)21/h1-8H,9H2,(H,18,19). The van der Waals surface area contributed by atoms with E-state index in [0.717, 1.165) is 0 Å². The minimum absolute atomic E-state index is 0.0759. The van der Waals surface area contributed by atoms with Crippen LogP contribution >= 0.6 is 0 Å². The number of hydrogen-bond donors (Lipinski definition) is 1. The first-order valence-electron chi connectivity index (χ1n) is 6.37. The van der Waals surface area contributed by atoms with E-state index in [9.17, 15) is 19.7 Å². The second-order valence-electron chi connectivity index (χ2n) is 4.34. The number of nitro benzene ring substituents is 1. The van der Waals surface area contributed by atoms with Crippen LogP contribution in [-0.4, -0.2) is 28.6 Å². The number of benzene rings is 2. The Bertz CT molecular complexity index is 722. The Balaban J connectivity index is 1.87. The number of carbonyl (C=O) groups excluding carboxylic acids is 1. The Kier molecular flexibility index (Phi) is 4.88. The van der Waals surface area contributed by atoms with Gasteiger partial charge in [0.1, 0.15) is 11.5 Å². The quantitative estimate of drug-likeness (QED) is 0.376. The normalized spacial score (nSPS) is 9.91. The van der Waals surface area contributed by atoms with Gasteiger partial charge in [-0.3, -0.25) is 10.1 Å². The van der Waals surface area contributed by atoms with E-state index in [1.54, 1.807) is 0 Å². The van der Waals surface area contributed by atoms with Crippen LogP contribution in [0.5, 0.6) is 11.5 Å². The molecule has 0 aromatic heterocycles. The predicted molar refractivity (Wildman–Crippen MR) is 77.6 cm³/mol. The summed E-state index contributed by atoms with van der Waals surface area (Å²) in [5.41, 5.74) is -0.00891. The third-order valence-electron chi connectivity index (χ3n) is 2.74. The van der Waals surface area contributed by atoms with Crippen LogP contribution < -0.4 is 9.47 Å². The molecule has 0 saturated heterocycles. The van der Waals surface area contributed by atoms with Gasteiger partial charge in [0, 0.05) is 12.1 Å². The van der Waals surface area contributed by atoms with Crippen molar-refractivity contribution in [3.05, 3.63) is 64.2 Å². The third-order valence-corrected chi connectivity index (χ3v) is 2.74. The number of carboxylic acids is 1. The number of hydrogen-bond acceptors (Lipinski definition) is 6. The summed E-state index contributed by atoms with van der Waals surface area (Å²) >= 11 is 0. The number of nitrogens with zero attached hydrogens (tertiary/aromatic N) is 1. The molecule has 0 fully saturated rings. The number of carboxylic acid groups (broad SMARTS) is 1. The smallest absolute Gasteiger partial charge is 0.349 e. The van der Waals surface area contributed by atoms with Crippen molar-refractivity contribution < 1.29 is 29.1 Å². The second-order valence-corrected chi connectivity index (χ2v) is 4.34. The number of esters is 1. The van der Waals surface area contributed by atoms with Crippen molar-refractivity contribution in [3.63, 3.8) is 0 Å². The van der Waals surface area contributed by atoms with Crippen LogP contribution in [0.2, 0.25) is 0 Å². The summed E-state index contributed by atoms with van der Waals surface area (Å²) in [4.78, 5) is 32.3. The summed E-state index contributed by atoms with van der Waals surface area (Å²) < 4.78 is 10.1. The minimum atomic E-state index is -1.08. The first-order valence-corrected chi connectivity index (χ1v) is 6.37. The molecule has 0 amide bonds. The molecule has 2 rings (SSSR count). The molecule has 1 N–H and O–H groups in total. The SMILES string of the molecule is O=C(COc1ccc([N+](=O)[O-])cc1)Oc1ccc(C(=O)O)cc1. The summed E-state index contributed by atoms with van der Waals surface area (Å²) in [6, 6.07) is 10.6. The van der Waals surface area contributed by atoms with E-state index in [1.807, 2.05) is 0 Å². The van der Waals surface area contributed by atoms with Gasteiger partial charge in [0.15, 0.2) is 6.61 Å². The Morgan fingerprint density at radius 1 is 1.00 bits per heavy atom. The molecule has 0 heterocycles. The lowest BCUT2D eigenvalue weighted by Crippen LogP contribution is -2.17. The topological polar surface area (TPSA) is 116 Å². The van der Waals surface area contributed by atoms with Gasteiger partial charge in [0.2, 0.25) is 0 Å². The van der Waals surface area contributed by atoms with E-state index in [2.05, 4.69) is 0 Å². The second kappa shape index (κ2) is 7.03. The van der Waals surface area contributed by atoms with Crippen molar-refractivity contribution in [2.24, 2.45) is 0 Å². The summed E-state index contributed by atoms with van der Waals surface area (Å²) in [6.45, 7) is -0.390. The zero-order valence-electron chi connectivity index (χ0n) is 11.7. The van der Waals surface area contributed by atoms with Crippen molar-refractivity contribution in [2.45, 2.75) is 0 Å². The van der Waals surface area contributed by atoms with E-state index in [4.69, 9.17) is 14.6 Å². The van der Waals surface area contributed by atoms with Gasteiger partial charge in [-0.15, -0.1) is 0 Å². The number of non-ortho nitro benzene ring substituents is 1. The highest BCUT2D eigenvalue weighted by molar-refractivity contribution is 5.87. The van der Waals surface area contributed by atoms with Gasteiger partial charge in [-0.05, 0) is 36.4 Å². The molecule has 8 nitrogen and oxygen atoms in total. The van der Waals surface area contributed by atoms with E-state index in [1.165, 1.54) is 48.5 Å². The fourth-order valence-corrected chi connectivity index (χ4v) is 1.63. The number of ether oxygens (including phenoxy) is 2. The van der Waals surface area contributed by atoms with Gasteiger partial charge < -0.3 is 14.6 Å². The maximum absolute atomic E-state index is 11.6. The van der Waals surface area contributed by atoms with E-state index in [-0.39, 0.29) is 22.7 Å². The van der Waals surface area contributed by atoms with E-state index < -0.39 is 23.5 Å². The van der Waals surface area contributed by atoms with Crippen LogP contribution in [-0.2, 0) is 4.79 Å². The highest BCUT2D eigenvalue weighted by Crippen LogP contribution is 2.17. The Hall–Kier alpha value is -3.42. The van der Waals surface area contributed by atoms with E-state index in [0.29, 0.717) is 0 Å². The summed E-state index contributed by atoms with van der Waals surface area (Å²) in [7, 11) is 0. The molecule has 118 valence electrons. The highest BCUT2D eigenvalue weighted by Gasteiger charge is 2.09. The lowest BCUT2D eigenvalue weighted by Gasteiger charge is -2.06. The van der Waals surface area contributed by atoms with Gasteiger partial charge in [-0.2, -0.15) is 0 Å². The van der Waals surface area contributed by atoms with Crippen LogP contribution in [0.25, 0.3) is 0 Å². The molecule has 2 aromatic rings. The van der Waals surface area contributed by atoms with Gasteiger partial charge >= 0.3 is 11.9 Å².